The van der Waals surface area contributed by atoms with Gasteiger partial charge in [-0.05, 0) is 18.2 Å². The van der Waals surface area contributed by atoms with Crippen molar-refractivity contribution in [3.05, 3.63) is 36.7 Å². The van der Waals surface area contributed by atoms with E-state index in [9.17, 15) is 14.4 Å². The van der Waals surface area contributed by atoms with E-state index in [1.165, 1.54) is 27.3 Å². The molecule has 0 unspecified atom stereocenters. The van der Waals surface area contributed by atoms with Crippen LogP contribution in [0.15, 0.2) is 36.7 Å². The Kier molecular flexibility index (Phi) is 6.83. The van der Waals surface area contributed by atoms with Gasteiger partial charge in [0.05, 0.1) is 24.0 Å². The normalized spacial score (nSPS) is 10.4. The smallest absolute Gasteiger partial charge is 0.311 e. The molecule has 3 rings (SSSR count). The van der Waals surface area contributed by atoms with Crippen LogP contribution < -0.4 is 24.8 Å². The standard InChI is InChI=1S/C22H22N4O6/c1-5-20(29)32-21-15(25-12(2)27)7-6-8-16(21)26-22-14-9-19(31-13(3)28)18(30-4)10-17(14)23-11-24-22/h6-11H,5H2,1-4H3,(H,25,27)(H,23,24,26). The van der Waals surface area contributed by atoms with E-state index in [1.54, 1.807) is 37.3 Å². The van der Waals surface area contributed by atoms with Crippen molar-refractivity contribution in [2.45, 2.75) is 27.2 Å². The van der Waals surface area contributed by atoms with Crippen molar-refractivity contribution in [2.24, 2.45) is 0 Å². The van der Waals surface area contributed by atoms with Gasteiger partial charge in [-0.3, -0.25) is 14.4 Å². The summed E-state index contributed by atoms with van der Waals surface area (Å²) < 4.78 is 16.0. The molecule has 32 heavy (non-hydrogen) atoms. The Morgan fingerprint density at radius 2 is 1.75 bits per heavy atom. The first-order chi connectivity index (χ1) is 15.3. The third-order valence-electron chi connectivity index (χ3n) is 4.26. The Balaban J connectivity index is 2.11. The van der Waals surface area contributed by atoms with Gasteiger partial charge in [-0.1, -0.05) is 13.0 Å². The number of ether oxygens (including phenoxy) is 3. The topological polar surface area (TPSA) is 129 Å². The quantitative estimate of drug-likeness (QED) is 0.420. The Morgan fingerprint density at radius 3 is 2.41 bits per heavy atom. The van der Waals surface area contributed by atoms with E-state index in [0.29, 0.717) is 33.8 Å². The lowest BCUT2D eigenvalue weighted by atomic mass is 10.2. The van der Waals surface area contributed by atoms with Crippen LogP contribution in [-0.4, -0.2) is 34.9 Å². The van der Waals surface area contributed by atoms with Gasteiger partial charge in [-0.2, -0.15) is 0 Å². The molecule has 1 amide bonds. The summed E-state index contributed by atoms with van der Waals surface area (Å²) in [6.07, 6.45) is 1.50. The zero-order chi connectivity index (χ0) is 23.3. The zero-order valence-electron chi connectivity index (χ0n) is 18.0. The number of esters is 2. The molecule has 2 N–H and O–H groups in total. The number of hydrogen-bond donors (Lipinski definition) is 2. The molecule has 1 heterocycles. The maximum absolute atomic E-state index is 12.0. The number of fused-ring (bicyclic) bond motifs is 1. The molecule has 0 aliphatic heterocycles. The summed E-state index contributed by atoms with van der Waals surface area (Å²) in [6.45, 7) is 4.30. The van der Waals surface area contributed by atoms with Gasteiger partial charge in [-0.15, -0.1) is 0 Å². The highest BCUT2D eigenvalue weighted by molar-refractivity contribution is 5.97. The number of anilines is 3. The summed E-state index contributed by atoms with van der Waals surface area (Å²) in [5.74, 6) is -0.250. The van der Waals surface area contributed by atoms with E-state index in [0.717, 1.165) is 0 Å². The first kappa shape index (κ1) is 22.5. The molecular weight excluding hydrogens is 416 g/mol. The number of nitrogens with zero attached hydrogens (tertiary/aromatic N) is 2. The number of carbonyl (C=O) groups excluding carboxylic acids is 3. The van der Waals surface area contributed by atoms with Crippen LogP contribution in [-0.2, 0) is 14.4 Å². The monoisotopic (exact) mass is 438 g/mol. The van der Waals surface area contributed by atoms with E-state index < -0.39 is 11.9 Å². The van der Waals surface area contributed by atoms with Crippen molar-refractivity contribution in [3.8, 4) is 17.2 Å². The van der Waals surface area contributed by atoms with Crippen LogP contribution in [0, 0.1) is 0 Å². The van der Waals surface area contributed by atoms with Gasteiger partial charge in [0.15, 0.2) is 17.2 Å². The Bertz CT molecular complexity index is 1190. The predicted molar refractivity (Wildman–Crippen MR) is 117 cm³/mol. The van der Waals surface area contributed by atoms with Gasteiger partial charge in [0.1, 0.15) is 12.1 Å². The summed E-state index contributed by atoms with van der Waals surface area (Å²) in [6, 6.07) is 8.17. The van der Waals surface area contributed by atoms with Crippen LogP contribution in [0.4, 0.5) is 17.2 Å². The lowest BCUT2D eigenvalue weighted by Gasteiger charge is -2.17. The first-order valence-corrected chi connectivity index (χ1v) is 9.71. The second-order valence-corrected chi connectivity index (χ2v) is 6.65. The fraction of sp³-hybridized carbons (Fsp3) is 0.227. The highest BCUT2D eigenvalue weighted by atomic mass is 16.6. The second kappa shape index (κ2) is 9.73. The molecule has 2 aromatic carbocycles. The van der Waals surface area contributed by atoms with Crippen molar-refractivity contribution in [2.75, 3.05) is 17.7 Å². The summed E-state index contributed by atoms with van der Waals surface area (Å²) in [4.78, 5) is 43.6. The Hall–Kier alpha value is -4.21. The number of para-hydroxylation sites is 1. The van der Waals surface area contributed by atoms with Crippen molar-refractivity contribution in [1.29, 1.82) is 0 Å². The predicted octanol–water partition coefficient (Wildman–Crippen LogP) is 3.58. The Labute approximate surface area is 183 Å². The number of amides is 1. The molecule has 3 aromatic rings. The van der Waals surface area contributed by atoms with Gasteiger partial charge >= 0.3 is 11.9 Å². The molecule has 0 radical (unpaired) electrons. The average Bonchev–Trinajstić information content (AvgIpc) is 2.75. The van der Waals surface area contributed by atoms with Gasteiger partial charge in [0.2, 0.25) is 5.91 Å². The molecule has 10 heteroatoms. The van der Waals surface area contributed by atoms with Gasteiger partial charge in [-0.25, -0.2) is 9.97 Å². The molecule has 0 spiro atoms. The summed E-state index contributed by atoms with van der Waals surface area (Å²) >= 11 is 0. The maximum Gasteiger partial charge on any atom is 0.311 e. The van der Waals surface area contributed by atoms with Crippen LogP contribution in [0.5, 0.6) is 17.2 Å². The van der Waals surface area contributed by atoms with E-state index in [1.807, 2.05) is 0 Å². The molecule has 0 aliphatic rings. The number of hydrogen-bond acceptors (Lipinski definition) is 9. The molecule has 166 valence electrons. The number of methoxy groups -OCH3 is 1. The lowest BCUT2D eigenvalue weighted by molar-refractivity contribution is -0.134. The zero-order valence-corrected chi connectivity index (χ0v) is 18.0. The number of rotatable bonds is 7. The lowest BCUT2D eigenvalue weighted by Crippen LogP contribution is -2.13. The van der Waals surface area contributed by atoms with Crippen molar-refractivity contribution < 1.29 is 28.6 Å². The number of carbonyl (C=O) groups is 3. The van der Waals surface area contributed by atoms with Gasteiger partial charge in [0.25, 0.3) is 0 Å². The van der Waals surface area contributed by atoms with Crippen molar-refractivity contribution in [3.63, 3.8) is 0 Å². The molecule has 0 aliphatic carbocycles. The fourth-order valence-corrected chi connectivity index (χ4v) is 2.90. The highest BCUT2D eigenvalue weighted by Gasteiger charge is 2.18. The Morgan fingerprint density at radius 1 is 1.00 bits per heavy atom. The van der Waals surface area contributed by atoms with Crippen LogP contribution in [0.25, 0.3) is 10.9 Å². The van der Waals surface area contributed by atoms with E-state index in [4.69, 9.17) is 14.2 Å². The molecule has 10 nitrogen and oxygen atoms in total. The van der Waals surface area contributed by atoms with Crippen LogP contribution >= 0.6 is 0 Å². The number of aromatic nitrogens is 2. The molecule has 0 atom stereocenters. The molecule has 0 bridgehead atoms. The van der Waals surface area contributed by atoms with E-state index in [-0.39, 0.29) is 23.8 Å². The third kappa shape index (κ3) is 5.09. The van der Waals surface area contributed by atoms with Crippen molar-refractivity contribution in [1.82, 2.24) is 9.97 Å². The number of nitrogens with one attached hydrogen (secondary N) is 2. The minimum Gasteiger partial charge on any atom is -0.493 e. The van der Waals surface area contributed by atoms with Crippen molar-refractivity contribution >= 4 is 45.9 Å². The SMILES string of the molecule is CCC(=O)Oc1c(NC(C)=O)cccc1Nc1ncnc2cc(OC)c(OC(C)=O)cc12. The van der Waals surface area contributed by atoms with E-state index >= 15 is 0 Å². The van der Waals surface area contributed by atoms with Crippen LogP contribution in [0.1, 0.15) is 27.2 Å². The first-order valence-electron chi connectivity index (χ1n) is 9.71. The average molecular weight is 438 g/mol. The maximum atomic E-state index is 12.0. The largest absolute Gasteiger partial charge is 0.493 e. The molecular formula is C22H22N4O6. The molecule has 0 saturated heterocycles. The summed E-state index contributed by atoms with van der Waals surface area (Å²) in [5, 5.41) is 6.29. The van der Waals surface area contributed by atoms with Gasteiger partial charge in [0, 0.05) is 31.7 Å². The van der Waals surface area contributed by atoms with Gasteiger partial charge < -0.3 is 24.8 Å². The highest BCUT2D eigenvalue weighted by Crippen LogP contribution is 2.38. The molecule has 1 aromatic heterocycles. The van der Waals surface area contributed by atoms with Crippen LogP contribution in [0.2, 0.25) is 0 Å². The minimum atomic E-state index is -0.509. The van der Waals surface area contributed by atoms with E-state index in [2.05, 4.69) is 20.6 Å². The summed E-state index contributed by atoms with van der Waals surface area (Å²) in [7, 11) is 1.45. The molecule has 0 saturated carbocycles. The second-order valence-electron chi connectivity index (χ2n) is 6.65. The third-order valence-corrected chi connectivity index (χ3v) is 4.26. The fourth-order valence-electron chi connectivity index (χ4n) is 2.90. The number of benzene rings is 2. The van der Waals surface area contributed by atoms with Crippen LogP contribution in [0.3, 0.4) is 0 Å². The summed E-state index contributed by atoms with van der Waals surface area (Å²) in [5.41, 5.74) is 1.24. The molecule has 0 fully saturated rings. The minimum absolute atomic E-state index is 0.148.